The maximum atomic E-state index is 12.7. The predicted molar refractivity (Wildman–Crippen MR) is 55.7 cm³/mol. The van der Waals surface area contributed by atoms with E-state index in [0.717, 1.165) is 0 Å². The topological polar surface area (TPSA) is 61.4 Å². The summed E-state index contributed by atoms with van der Waals surface area (Å²) < 4.78 is 25.3. The van der Waals surface area contributed by atoms with Gasteiger partial charge < -0.3 is 15.7 Å². The van der Waals surface area contributed by atoms with E-state index < -0.39 is 24.0 Å². The molecule has 0 spiro atoms. The van der Waals surface area contributed by atoms with Gasteiger partial charge in [-0.25, -0.2) is 13.6 Å². The van der Waals surface area contributed by atoms with Crippen LogP contribution >= 0.6 is 0 Å². The summed E-state index contributed by atoms with van der Waals surface area (Å²) in [6.07, 6.45) is -3.05. The number of amides is 1. The maximum absolute atomic E-state index is 12.7. The molecule has 3 N–H and O–H groups in total. The van der Waals surface area contributed by atoms with Crippen LogP contribution in [0.15, 0.2) is 0 Å². The first-order valence-corrected chi connectivity index (χ1v) is 5.32. The molecular weight excluding hydrogens is 218 g/mol. The smallest absolute Gasteiger partial charge is 0.405 e. The van der Waals surface area contributed by atoms with Gasteiger partial charge in [-0.3, -0.25) is 0 Å². The summed E-state index contributed by atoms with van der Waals surface area (Å²) in [7, 11) is 0. The van der Waals surface area contributed by atoms with Crippen LogP contribution in [-0.4, -0.2) is 36.3 Å². The molecule has 1 rings (SSSR count). The molecular formula is C10H18F2N2O2. The van der Waals surface area contributed by atoms with Crippen LogP contribution in [0.3, 0.4) is 0 Å². The van der Waals surface area contributed by atoms with E-state index in [-0.39, 0.29) is 5.92 Å². The van der Waals surface area contributed by atoms with Crippen molar-refractivity contribution in [2.45, 2.75) is 32.2 Å². The minimum atomic E-state index is -2.35. The molecule has 0 aliphatic carbocycles. The van der Waals surface area contributed by atoms with Gasteiger partial charge in [0.2, 0.25) is 6.43 Å². The minimum absolute atomic E-state index is 0.179. The SMILES string of the molecule is CC(C)(C[C@H]1CNC[C@H]1C(F)F)NC(=O)O. The number of carbonyl (C=O) groups is 1. The normalized spacial score (nSPS) is 26.1. The van der Waals surface area contributed by atoms with Crippen molar-refractivity contribution in [2.24, 2.45) is 11.8 Å². The molecule has 1 amide bonds. The number of hydrogen-bond donors (Lipinski definition) is 3. The predicted octanol–water partition coefficient (Wildman–Crippen LogP) is 1.52. The number of alkyl halides is 2. The number of halogens is 2. The van der Waals surface area contributed by atoms with Crippen LogP contribution in [0.4, 0.5) is 13.6 Å². The molecule has 2 atom stereocenters. The molecule has 94 valence electrons. The Bertz CT molecular complexity index is 259. The molecule has 0 aromatic heterocycles. The van der Waals surface area contributed by atoms with Crippen molar-refractivity contribution in [3.8, 4) is 0 Å². The van der Waals surface area contributed by atoms with Gasteiger partial charge in [0.1, 0.15) is 0 Å². The summed E-state index contributed by atoms with van der Waals surface area (Å²) in [5.41, 5.74) is -0.671. The van der Waals surface area contributed by atoms with Crippen LogP contribution < -0.4 is 10.6 Å². The van der Waals surface area contributed by atoms with Crippen LogP contribution in [0.1, 0.15) is 20.3 Å². The average Bonchev–Trinajstić information content (AvgIpc) is 2.48. The highest BCUT2D eigenvalue weighted by molar-refractivity contribution is 5.65. The van der Waals surface area contributed by atoms with Crippen molar-refractivity contribution < 1.29 is 18.7 Å². The van der Waals surface area contributed by atoms with Gasteiger partial charge in [-0.05, 0) is 32.7 Å². The highest BCUT2D eigenvalue weighted by Gasteiger charge is 2.37. The lowest BCUT2D eigenvalue weighted by molar-refractivity contribution is 0.0562. The van der Waals surface area contributed by atoms with Gasteiger partial charge in [0.15, 0.2) is 0 Å². The molecule has 0 unspecified atom stereocenters. The van der Waals surface area contributed by atoms with Crippen LogP contribution in [0.25, 0.3) is 0 Å². The van der Waals surface area contributed by atoms with Crippen molar-refractivity contribution >= 4 is 6.09 Å². The standard InChI is InChI=1S/C10H18F2N2O2/c1-10(2,14-9(15)16)3-6-4-13-5-7(6)8(11)12/h6-8,13-14H,3-5H2,1-2H3,(H,15,16)/t6-,7+/m0/s1. The van der Waals surface area contributed by atoms with Crippen molar-refractivity contribution in [3.05, 3.63) is 0 Å². The second-order valence-electron chi connectivity index (χ2n) is 4.93. The molecule has 1 aliphatic rings. The van der Waals surface area contributed by atoms with Gasteiger partial charge in [-0.2, -0.15) is 0 Å². The molecule has 0 aromatic carbocycles. The highest BCUT2D eigenvalue weighted by atomic mass is 19.3. The van der Waals surface area contributed by atoms with E-state index in [0.29, 0.717) is 19.5 Å². The molecule has 1 aliphatic heterocycles. The van der Waals surface area contributed by atoms with E-state index in [9.17, 15) is 13.6 Å². The van der Waals surface area contributed by atoms with E-state index in [2.05, 4.69) is 10.6 Å². The fourth-order valence-electron chi connectivity index (χ4n) is 2.27. The molecule has 1 saturated heterocycles. The number of rotatable bonds is 4. The molecule has 6 heteroatoms. The molecule has 0 bridgehead atoms. The molecule has 1 heterocycles. The Balaban J connectivity index is 2.55. The average molecular weight is 236 g/mol. The van der Waals surface area contributed by atoms with Gasteiger partial charge in [0, 0.05) is 18.0 Å². The van der Waals surface area contributed by atoms with E-state index in [1.54, 1.807) is 13.8 Å². The summed E-state index contributed by atoms with van der Waals surface area (Å²) in [6, 6.07) is 0. The quantitative estimate of drug-likeness (QED) is 0.693. The van der Waals surface area contributed by atoms with Crippen LogP contribution in [0.5, 0.6) is 0 Å². The summed E-state index contributed by atoms with van der Waals surface area (Å²) in [5.74, 6) is -0.850. The third-order valence-corrected chi connectivity index (χ3v) is 2.93. The zero-order valence-electron chi connectivity index (χ0n) is 9.46. The lowest BCUT2D eigenvalue weighted by Gasteiger charge is -2.29. The van der Waals surface area contributed by atoms with Crippen LogP contribution in [-0.2, 0) is 0 Å². The number of nitrogens with one attached hydrogen (secondary N) is 2. The zero-order valence-corrected chi connectivity index (χ0v) is 9.46. The zero-order chi connectivity index (χ0) is 12.3. The van der Waals surface area contributed by atoms with E-state index >= 15 is 0 Å². The lowest BCUT2D eigenvalue weighted by Crippen LogP contribution is -2.45. The van der Waals surface area contributed by atoms with Gasteiger partial charge in [-0.1, -0.05) is 0 Å². The number of hydrogen-bond acceptors (Lipinski definition) is 2. The Labute approximate surface area is 93.4 Å². The Morgan fingerprint density at radius 3 is 2.69 bits per heavy atom. The van der Waals surface area contributed by atoms with Crippen molar-refractivity contribution in [3.63, 3.8) is 0 Å². The van der Waals surface area contributed by atoms with Gasteiger partial charge in [0.05, 0.1) is 0 Å². The van der Waals surface area contributed by atoms with Crippen molar-refractivity contribution in [1.29, 1.82) is 0 Å². The fourth-order valence-corrected chi connectivity index (χ4v) is 2.27. The fraction of sp³-hybridized carbons (Fsp3) is 0.900. The molecule has 0 aromatic rings. The highest BCUT2D eigenvalue weighted by Crippen LogP contribution is 2.30. The Hall–Kier alpha value is -0.910. The molecule has 0 saturated carbocycles. The lowest BCUT2D eigenvalue weighted by atomic mass is 9.84. The first-order valence-electron chi connectivity index (χ1n) is 5.32. The minimum Gasteiger partial charge on any atom is -0.465 e. The summed E-state index contributed by atoms with van der Waals surface area (Å²) in [6.45, 7) is 4.26. The first kappa shape index (κ1) is 13.2. The molecule has 0 radical (unpaired) electrons. The summed E-state index contributed by atoms with van der Waals surface area (Å²) in [4.78, 5) is 10.5. The first-order chi connectivity index (χ1) is 7.32. The van der Waals surface area contributed by atoms with E-state index in [1.807, 2.05) is 0 Å². The van der Waals surface area contributed by atoms with Gasteiger partial charge >= 0.3 is 6.09 Å². The number of carboxylic acid groups (broad SMARTS) is 1. The monoisotopic (exact) mass is 236 g/mol. The Kier molecular flexibility index (Phi) is 4.07. The molecule has 4 nitrogen and oxygen atoms in total. The summed E-state index contributed by atoms with van der Waals surface area (Å²) >= 11 is 0. The summed E-state index contributed by atoms with van der Waals surface area (Å²) in [5, 5.41) is 13.9. The molecule has 1 fully saturated rings. The van der Waals surface area contributed by atoms with Gasteiger partial charge in [0.25, 0.3) is 0 Å². The van der Waals surface area contributed by atoms with Crippen molar-refractivity contribution in [2.75, 3.05) is 13.1 Å². The largest absolute Gasteiger partial charge is 0.465 e. The van der Waals surface area contributed by atoms with Crippen LogP contribution in [0, 0.1) is 11.8 Å². The third kappa shape index (κ3) is 3.59. The third-order valence-electron chi connectivity index (χ3n) is 2.93. The van der Waals surface area contributed by atoms with Crippen molar-refractivity contribution in [1.82, 2.24) is 10.6 Å². The van der Waals surface area contributed by atoms with E-state index in [1.165, 1.54) is 0 Å². The Morgan fingerprint density at radius 1 is 1.56 bits per heavy atom. The maximum Gasteiger partial charge on any atom is 0.405 e. The van der Waals surface area contributed by atoms with Crippen LogP contribution in [0.2, 0.25) is 0 Å². The second-order valence-corrected chi connectivity index (χ2v) is 4.93. The second kappa shape index (κ2) is 4.95. The molecule has 16 heavy (non-hydrogen) atoms. The van der Waals surface area contributed by atoms with E-state index in [4.69, 9.17) is 5.11 Å². The Morgan fingerprint density at radius 2 is 2.19 bits per heavy atom. The van der Waals surface area contributed by atoms with Gasteiger partial charge in [-0.15, -0.1) is 0 Å².